The number of rotatable bonds is 3. The molecule has 22 heavy (non-hydrogen) atoms. The molecule has 0 radical (unpaired) electrons. The van der Waals surface area contributed by atoms with Gasteiger partial charge >= 0.3 is 0 Å². The van der Waals surface area contributed by atoms with Crippen LogP contribution in [-0.4, -0.2) is 21.4 Å². The van der Waals surface area contributed by atoms with Crippen LogP contribution in [0.15, 0.2) is 36.8 Å². The van der Waals surface area contributed by atoms with E-state index in [1.165, 1.54) is 12.3 Å². The monoisotopic (exact) mass is 318 g/mol. The van der Waals surface area contributed by atoms with Crippen LogP contribution in [0.25, 0.3) is 0 Å². The highest BCUT2D eigenvalue weighted by atomic mass is 35.5. The lowest BCUT2D eigenvalue weighted by Crippen LogP contribution is -2.56. The van der Waals surface area contributed by atoms with Crippen molar-refractivity contribution in [1.82, 2.24) is 9.97 Å². The van der Waals surface area contributed by atoms with Crippen molar-refractivity contribution in [3.05, 3.63) is 57.5 Å². The standard InChI is InChI=1S/C15H15ClN4O2/c1-15(2)9-19(13(15)10-4-3-5-17-7-10)14-12(16)6-11(8-18-14)20(21)22/h3-8,13H,9H2,1-2H3/t13-/m1/s1. The zero-order valence-electron chi connectivity index (χ0n) is 12.2. The summed E-state index contributed by atoms with van der Waals surface area (Å²) >= 11 is 6.20. The molecule has 1 saturated heterocycles. The Morgan fingerprint density at radius 3 is 2.77 bits per heavy atom. The van der Waals surface area contributed by atoms with Crippen LogP contribution < -0.4 is 4.90 Å². The average Bonchev–Trinajstić information content (AvgIpc) is 2.46. The summed E-state index contributed by atoms with van der Waals surface area (Å²) in [4.78, 5) is 20.7. The number of pyridine rings is 2. The van der Waals surface area contributed by atoms with E-state index in [1.807, 2.05) is 18.3 Å². The average molecular weight is 319 g/mol. The fourth-order valence-electron chi connectivity index (χ4n) is 3.02. The van der Waals surface area contributed by atoms with Crippen LogP contribution in [0.1, 0.15) is 25.5 Å². The van der Waals surface area contributed by atoms with Crippen LogP contribution in [0.2, 0.25) is 5.02 Å². The van der Waals surface area contributed by atoms with Gasteiger partial charge < -0.3 is 4.90 Å². The molecule has 2 aromatic heterocycles. The van der Waals surface area contributed by atoms with Crippen LogP contribution >= 0.6 is 11.6 Å². The number of hydrogen-bond acceptors (Lipinski definition) is 5. The Hall–Kier alpha value is -2.21. The van der Waals surface area contributed by atoms with Crippen LogP contribution in [0.4, 0.5) is 11.5 Å². The van der Waals surface area contributed by atoms with Crippen molar-refractivity contribution in [2.24, 2.45) is 5.41 Å². The third-order valence-corrected chi connectivity index (χ3v) is 4.20. The molecule has 3 rings (SSSR count). The van der Waals surface area contributed by atoms with Gasteiger partial charge in [-0.1, -0.05) is 31.5 Å². The van der Waals surface area contributed by atoms with Gasteiger partial charge in [0.2, 0.25) is 0 Å². The highest BCUT2D eigenvalue weighted by Crippen LogP contribution is 2.51. The Kier molecular flexibility index (Phi) is 3.48. The largest absolute Gasteiger partial charge is 0.347 e. The third kappa shape index (κ3) is 2.39. The van der Waals surface area contributed by atoms with E-state index in [-0.39, 0.29) is 17.1 Å². The second-order valence-corrected chi connectivity index (χ2v) is 6.47. The van der Waals surface area contributed by atoms with E-state index < -0.39 is 4.92 Å². The Morgan fingerprint density at radius 2 is 2.23 bits per heavy atom. The van der Waals surface area contributed by atoms with Crippen LogP contribution in [0.5, 0.6) is 0 Å². The van der Waals surface area contributed by atoms with Crippen LogP contribution in [-0.2, 0) is 0 Å². The molecule has 7 heteroatoms. The Bertz CT molecular complexity index is 721. The first kappa shape index (κ1) is 14.7. The molecule has 0 unspecified atom stereocenters. The quantitative estimate of drug-likeness (QED) is 0.638. The normalized spacial score (nSPS) is 19.6. The number of hydrogen-bond donors (Lipinski definition) is 0. The predicted molar refractivity (Wildman–Crippen MR) is 84.0 cm³/mol. The molecule has 1 aliphatic heterocycles. The molecule has 0 N–H and O–H groups in total. The SMILES string of the molecule is CC1(C)CN(c2ncc([N+](=O)[O-])cc2Cl)[C@@H]1c1cccnc1. The van der Waals surface area contributed by atoms with Crippen molar-refractivity contribution in [3.8, 4) is 0 Å². The summed E-state index contributed by atoms with van der Waals surface area (Å²) in [5.41, 5.74) is 1.02. The van der Waals surface area contributed by atoms with Gasteiger partial charge in [-0.25, -0.2) is 4.98 Å². The molecule has 0 amide bonds. The summed E-state index contributed by atoms with van der Waals surface area (Å²) < 4.78 is 0. The van der Waals surface area contributed by atoms with Gasteiger partial charge in [-0.2, -0.15) is 0 Å². The molecule has 1 aliphatic rings. The van der Waals surface area contributed by atoms with E-state index in [0.29, 0.717) is 10.8 Å². The lowest BCUT2D eigenvalue weighted by Gasteiger charge is -2.55. The Labute approximate surface area is 132 Å². The molecule has 1 atom stereocenters. The van der Waals surface area contributed by atoms with E-state index in [9.17, 15) is 10.1 Å². The minimum Gasteiger partial charge on any atom is -0.347 e. The van der Waals surface area contributed by atoms with Crippen LogP contribution in [0, 0.1) is 15.5 Å². The smallest absolute Gasteiger partial charge is 0.289 e. The molecule has 0 aliphatic carbocycles. The molecular weight excluding hydrogens is 304 g/mol. The van der Waals surface area contributed by atoms with Gasteiger partial charge in [-0.05, 0) is 11.6 Å². The zero-order chi connectivity index (χ0) is 15.9. The van der Waals surface area contributed by atoms with Gasteiger partial charge in [0.25, 0.3) is 5.69 Å². The molecule has 3 heterocycles. The fourth-order valence-corrected chi connectivity index (χ4v) is 3.29. The minimum atomic E-state index is -0.499. The first-order chi connectivity index (χ1) is 10.4. The van der Waals surface area contributed by atoms with Crippen molar-refractivity contribution in [2.75, 3.05) is 11.4 Å². The first-order valence-corrected chi connectivity index (χ1v) is 7.24. The summed E-state index contributed by atoms with van der Waals surface area (Å²) in [6.45, 7) is 5.11. The van der Waals surface area contributed by atoms with Crippen molar-refractivity contribution in [3.63, 3.8) is 0 Å². The van der Waals surface area contributed by atoms with Gasteiger partial charge in [0.15, 0.2) is 0 Å². The number of nitro groups is 1. The molecule has 0 bridgehead atoms. The molecular formula is C15H15ClN4O2. The Balaban J connectivity index is 1.97. The van der Waals surface area contributed by atoms with E-state index in [2.05, 4.69) is 28.7 Å². The Morgan fingerprint density at radius 1 is 1.45 bits per heavy atom. The molecule has 0 aromatic carbocycles. The maximum absolute atomic E-state index is 10.8. The second kappa shape index (κ2) is 5.21. The van der Waals surface area contributed by atoms with Gasteiger partial charge in [-0.3, -0.25) is 15.1 Å². The summed E-state index contributed by atoms with van der Waals surface area (Å²) in [5, 5.41) is 11.1. The number of aromatic nitrogens is 2. The molecule has 0 spiro atoms. The van der Waals surface area contributed by atoms with E-state index in [1.54, 1.807) is 6.20 Å². The summed E-state index contributed by atoms with van der Waals surface area (Å²) in [6.07, 6.45) is 4.81. The molecule has 114 valence electrons. The highest BCUT2D eigenvalue weighted by Gasteiger charge is 2.47. The zero-order valence-corrected chi connectivity index (χ0v) is 13.0. The summed E-state index contributed by atoms with van der Waals surface area (Å²) in [7, 11) is 0. The predicted octanol–water partition coefficient (Wildman–Crippen LogP) is 3.63. The van der Waals surface area contributed by atoms with Gasteiger partial charge in [-0.15, -0.1) is 0 Å². The number of anilines is 1. The molecule has 0 saturated carbocycles. The van der Waals surface area contributed by atoms with Crippen LogP contribution in [0.3, 0.4) is 0 Å². The molecule has 2 aromatic rings. The summed E-state index contributed by atoms with van der Waals surface area (Å²) in [5.74, 6) is 0.570. The first-order valence-electron chi connectivity index (χ1n) is 6.86. The topological polar surface area (TPSA) is 72.2 Å². The van der Waals surface area contributed by atoms with Gasteiger partial charge in [0.05, 0.1) is 16.0 Å². The lowest BCUT2D eigenvalue weighted by atomic mass is 9.72. The van der Waals surface area contributed by atoms with Crippen molar-refractivity contribution >= 4 is 23.1 Å². The molecule has 6 nitrogen and oxygen atoms in total. The maximum Gasteiger partial charge on any atom is 0.289 e. The summed E-state index contributed by atoms with van der Waals surface area (Å²) in [6, 6.07) is 5.35. The third-order valence-electron chi connectivity index (χ3n) is 3.92. The fraction of sp³-hybridized carbons (Fsp3) is 0.333. The lowest BCUT2D eigenvalue weighted by molar-refractivity contribution is -0.385. The highest BCUT2D eigenvalue weighted by molar-refractivity contribution is 6.33. The van der Waals surface area contributed by atoms with Crippen molar-refractivity contribution < 1.29 is 4.92 Å². The molecule has 1 fully saturated rings. The number of halogens is 1. The second-order valence-electron chi connectivity index (χ2n) is 6.06. The van der Waals surface area contributed by atoms with Crippen molar-refractivity contribution in [2.45, 2.75) is 19.9 Å². The van der Waals surface area contributed by atoms with Gasteiger partial charge in [0, 0.05) is 30.4 Å². The van der Waals surface area contributed by atoms with E-state index in [0.717, 1.165) is 12.1 Å². The van der Waals surface area contributed by atoms with Gasteiger partial charge in [0.1, 0.15) is 12.0 Å². The minimum absolute atomic E-state index is 0.0514. The van der Waals surface area contributed by atoms with E-state index >= 15 is 0 Å². The maximum atomic E-state index is 10.8. The van der Waals surface area contributed by atoms with E-state index in [4.69, 9.17) is 11.6 Å². The number of nitrogens with zero attached hydrogens (tertiary/aromatic N) is 4. The van der Waals surface area contributed by atoms with Crippen molar-refractivity contribution in [1.29, 1.82) is 0 Å².